The molecule has 1 amide bonds. The van der Waals surface area contributed by atoms with Crippen molar-refractivity contribution in [3.63, 3.8) is 0 Å². The van der Waals surface area contributed by atoms with Crippen LogP contribution in [-0.2, 0) is 0 Å². The van der Waals surface area contributed by atoms with Crippen LogP contribution < -0.4 is 4.74 Å². The fraction of sp³-hybridized carbons (Fsp3) is 0.500. The van der Waals surface area contributed by atoms with Crippen LogP contribution in [0.25, 0.3) is 0 Å². The van der Waals surface area contributed by atoms with Gasteiger partial charge in [0, 0.05) is 6.54 Å². The number of benzene rings is 1. The summed E-state index contributed by atoms with van der Waals surface area (Å²) >= 11 is 4.34. The van der Waals surface area contributed by atoms with E-state index >= 15 is 0 Å². The number of rotatable bonds is 3. The van der Waals surface area contributed by atoms with Crippen molar-refractivity contribution in [2.45, 2.75) is 13.8 Å². The van der Waals surface area contributed by atoms with Crippen molar-refractivity contribution in [1.82, 2.24) is 4.90 Å². The number of carbonyl (C=O) groups is 1. The zero-order valence-electron chi connectivity index (χ0n) is 10.8. The molecular formula is C14H19NO2S. The Kier molecular flexibility index (Phi) is 3.85. The lowest BCUT2D eigenvalue weighted by Gasteiger charge is -2.30. The minimum Gasteiger partial charge on any atom is -0.491 e. The first-order valence-electron chi connectivity index (χ1n) is 6.15. The van der Waals surface area contributed by atoms with Crippen LogP contribution in [-0.4, -0.2) is 36.3 Å². The summed E-state index contributed by atoms with van der Waals surface area (Å²) in [4.78, 5) is 14.3. The molecular weight excluding hydrogens is 246 g/mol. The molecule has 0 atom stereocenters. The van der Waals surface area contributed by atoms with Crippen molar-refractivity contribution in [1.29, 1.82) is 0 Å². The van der Waals surface area contributed by atoms with Gasteiger partial charge in [-0.2, -0.15) is 12.6 Å². The second kappa shape index (κ2) is 5.22. The van der Waals surface area contributed by atoms with E-state index in [0.717, 1.165) is 5.75 Å². The predicted molar refractivity (Wildman–Crippen MR) is 75.5 cm³/mol. The highest BCUT2D eigenvalue weighted by molar-refractivity contribution is 7.80. The molecule has 1 aromatic rings. The SMILES string of the molecule is CC(C)(CS)CN1CCOc2ccccc2C1=O. The number of carbonyl (C=O) groups excluding carboxylic acids is 1. The van der Waals surface area contributed by atoms with Gasteiger partial charge >= 0.3 is 0 Å². The Labute approximate surface area is 114 Å². The van der Waals surface area contributed by atoms with E-state index < -0.39 is 0 Å². The maximum absolute atomic E-state index is 12.5. The normalized spacial score (nSPS) is 15.9. The summed E-state index contributed by atoms with van der Waals surface area (Å²) in [5.74, 6) is 1.49. The number of thiol groups is 1. The van der Waals surface area contributed by atoms with Gasteiger partial charge in [0.1, 0.15) is 12.4 Å². The van der Waals surface area contributed by atoms with Crippen LogP contribution in [0.5, 0.6) is 5.75 Å². The third-order valence-electron chi connectivity index (χ3n) is 3.07. The highest BCUT2D eigenvalue weighted by atomic mass is 32.1. The highest BCUT2D eigenvalue weighted by Gasteiger charge is 2.28. The fourth-order valence-electron chi connectivity index (χ4n) is 2.02. The molecule has 0 unspecified atom stereocenters. The highest BCUT2D eigenvalue weighted by Crippen LogP contribution is 2.25. The summed E-state index contributed by atoms with van der Waals surface area (Å²) < 4.78 is 5.62. The number of para-hydroxylation sites is 1. The Bertz CT molecular complexity index is 445. The van der Waals surface area contributed by atoms with E-state index in [1.165, 1.54) is 0 Å². The summed E-state index contributed by atoms with van der Waals surface area (Å²) in [6.45, 7) is 6.11. The summed E-state index contributed by atoms with van der Waals surface area (Å²) in [7, 11) is 0. The molecule has 18 heavy (non-hydrogen) atoms. The fourth-order valence-corrected chi connectivity index (χ4v) is 2.12. The van der Waals surface area contributed by atoms with Gasteiger partial charge in [0.25, 0.3) is 5.91 Å². The average molecular weight is 265 g/mol. The van der Waals surface area contributed by atoms with E-state index in [-0.39, 0.29) is 11.3 Å². The first-order valence-corrected chi connectivity index (χ1v) is 6.79. The Balaban J connectivity index is 2.23. The number of fused-ring (bicyclic) bond motifs is 1. The van der Waals surface area contributed by atoms with Crippen LogP contribution >= 0.6 is 12.6 Å². The molecule has 2 rings (SSSR count). The summed E-state index contributed by atoms with van der Waals surface area (Å²) in [5, 5.41) is 0. The molecule has 0 saturated heterocycles. The number of nitrogens with zero attached hydrogens (tertiary/aromatic N) is 1. The number of hydrogen-bond donors (Lipinski definition) is 1. The topological polar surface area (TPSA) is 29.5 Å². The molecule has 0 radical (unpaired) electrons. The van der Waals surface area contributed by atoms with Gasteiger partial charge in [-0.3, -0.25) is 4.79 Å². The first kappa shape index (κ1) is 13.3. The van der Waals surface area contributed by atoms with Crippen LogP contribution in [0.1, 0.15) is 24.2 Å². The third-order valence-corrected chi connectivity index (χ3v) is 3.93. The van der Waals surface area contributed by atoms with Crippen LogP contribution in [0.3, 0.4) is 0 Å². The molecule has 1 aliphatic rings. The van der Waals surface area contributed by atoms with Gasteiger partial charge in [0.05, 0.1) is 12.1 Å². The van der Waals surface area contributed by atoms with Gasteiger partial charge in [-0.05, 0) is 23.3 Å². The molecule has 0 aromatic heterocycles. The number of hydrogen-bond acceptors (Lipinski definition) is 3. The minimum atomic E-state index is 0.0120. The lowest BCUT2D eigenvalue weighted by Crippen LogP contribution is -2.40. The van der Waals surface area contributed by atoms with Gasteiger partial charge in [-0.25, -0.2) is 0 Å². The van der Waals surface area contributed by atoms with Crippen molar-refractivity contribution >= 4 is 18.5 Å². The van der Waals surface area contributed by atoms with Gasteiger partial charge in [0.2, 0.25) is 0 Å². The second-order valence-electron chi connectivity index (χ2n) is 5.39. The van der Waals surface area contributed by atoms with Gasteiger partial charge < -0.3 is 9.64 Å². The largest absolute Gasteiger partial charge is 0.491 e. The Morgan fingerprint density at radius 3 is 2.83 bits per heavy atom. The predicted octanol–water partition coefficient (Wildman–Crippen LogP) is 2.48. The van der Waals surface area contributed by atoms with Crippen molar-refractivity contribution in [2.75, 3.05) is 25.4 Å². The maximum atomic E-state index is 12.5. The van der Waals surface area contributed by atoms with Crippen LogP contribution in [0.4, 0.5) is 0 Å². The lowest BCUT2D eigenvalue weighted by molar-refractivity contribution is 0.0696. The van der Waals surface area contributed by atoms with E-state index in [4.69, 9.17) is 4.74 Å². The Morgan fingerprint density at radius 1 is 1.39 bits per heavy atom. The molecule has 98 valence electrons. The van der Waals surface area contributed by atoms with Crippen molar-refractivity contribution < 1.29 is 9.53 Å². The zero-order valence-corrected chi connectivity index (χ0v) is 11.7. The molecule has 0 bridgehead atoms. The molecule has 0 spiro atoms. The minimum absolute atomic E-state index is 0.0120. The van der Waals surface area contributed by atoms with Crippen molar-refractivity contribution in [3.8, 4) is 5.75 Å². The first-order chi connectivity index (χ1) is 8.53. The molecule has 0 saturated carbocycles. The lowest BCUT2D eigenvalue weighted by atomic mass is 9.95. The number of amides is 1. The smallest absolute Gasteiger partial charge is 0.257 e. The van der Waals surface area contributed by atoms with Crippen LogP contribution in [0.15, 0.2) is 24.3 Å². The molecule has 1 aromatic carbocycles. The van der Waals surface area contributed by atoms with Crippen molar-refractivity contribution in [2.24, 2.45) is 5.41 Å². The maximum Gasteiger partial charge on any atom is 0.257 e. The van der Waals surface area contributed by atoms with E-state index in [1.54, 1.807) is 0 Å². The second-order valence-corrected chi connectivity index (χ2v) is 5.71. The summed E-state index contributed by atoms with van der Waals surface area (Å²) in [6.07, 6.45) is 0. The molecule has 0 aliphatic carbocycles. The van der Waals surface area contributed by atoms with E-state index in [0.29, 0.717) is 31.0 Å². The molecule has 1 aliphatic heterocycles. The standard InChI is InChI=1S/C14H19NO2S/c1-14(2,10-18)9-15-7-8-17-12-6-4-3-5-11(12)13(15)16/h3-6,18H,7-10H2,1-2H3. The van der Waals surface area contributed by atoms with Crippen molar-refractivity contribution in [3.05, 3.63) is 29.8 Å². The van der Waals surface area contributed by atoms with Crippen LogP contribution in [0.2, 0.25) is 0 Å². The summed E-state index contributed by atoms with van der Waals surface area (Å²) in [6, 6.07) is 7.43. The molecule has 3 nitrogen and oxygen atoms in total. The molecule has 0 N–H and O–H groups in total. The Hall–Kier alpha value is -1.16. The number of ether oxygens (including phenoxy) is 1. The van der Waals surface area contributed by atoms with E-state index in [9.17, 15) is 4.79 Å². The average Bonchev–Trinajstić information content (AvgIpc) is 2.51. The van der Waals surface area contributed by atoms with Gasteiger partial charge in [0.15, 0.2) is 0 Å². The zero-order chi connectivity index (χ0) is 13.2. The molecule has 4 heteroatoms. The van der Waals surface area contributed by atoms with E-state index in [1.807, 2.05) is 29.2 Å². The molecule has 1 heterocycles. The quantitative estimate of drug-likeness (QED) is 0.851. The van der Waals surface area contributed by atoms with Gasteiger partial charge in [-0.1, -0.05) is 26.0 Å². The van der Waals surface area contributed by atoms with Gasteiger partial charge in [-0.15, -0.1) is 0 Å². The Morgan fingerprint density at radius 2 is 2.11 bits per heavy atom. The monoisotopic (exact) mass is 265 g/mol. The van der Waals surface area contributed by atoms with Crippen LogP contribution in [0, 0.1) is 5.41 Å². The summed E-state index contributed by atoms with van der Waals surface area (Å²) in [5.41, 5.74) is 0.669. The third kappa shape index (κ3) is 2.80. The molecule has 0 fully saturated rings. The van der Waals surface area contributed by atoms with E-state index in [2.05, 4.69) is 26.5 Å².